The lowest BCUT2D eigenvalue weighted by atomic mass is 10.0. The molecule has 1 aliphatic heterocycles. The molecule has 5 nitrogen and oxygen atoms in total. The van der Waals surface area contributed by atoms with Gasteiger partial charge in [-0.05, 0) is 49.1 Å². The predicted molar refractivity (Wildman–Crippen MR) is 107 cm³/mol. The molecule has 1 N–H and O–H groups in total. The Balaban J connectivity index is 1.87. The number of para-hydroxylation sites is 1. The van der Waals surface area contributed by atoms with Crippen LogP contribution in [0, 0.1) is 5.92 Å². The number of nitrogens with zero attached hydrogens (tertiary/aromatic N) is 1. The van der Waals surface area contributed by atoms with Crippen LogP contribution < -0.4 is 14.8 Å². The van der Waals surface area contributed by atoms with E-state index in [0.29, 0.717) is 30.4 Å². The summed E-state index contributed by atoms with van der Waals surface area (Å²) < 4.78 is 11.4. The zero-order valence-corrected chi connectivity index (χ0v) is 16.5. The van der Waals surface area contributed by atoms with E-state index in [1.54, 1.807) is 7.11 Å². The quantitative estimate of drug-likeness (QED) is 0.769. The number of nitrogens with one attached hydrogen (secondary N) is 1. The van der Waals surface area contributed by atoms with Crippen LogP contribution in [-0.4, -0.2) is 31.1 Å². The van der Waals surface area contributed by atoms with Crippen LogP contribution in [0.25, 0.3) is 0 Å². The molecule has 0 aliphatic carbocycles. The minimum Gasteiger partial charge on any atom is -0.493 e. The number of carbonyl (C=O) groups excluding carboxylic acids is 1. The summed E-state index contributed by atoms with van der Waals surface area (Å²) in [7, 11) is 1.64. The maximum Gasteiger partial charge on any atom is 0.257 e. The first-order valence-corrected chi connectivity index (χ1v) is 9.52. The van der Waals surface area contributed by atoms with Crippen LogP contribution in [0.15, 0.2) is 42.5 Å². The molecule has 0 spiro atoms. The molecule has 1 aliphatic rings. The highest BCUT2D eigenvalue weighted by Gasteiger charge is 2.32. The van der Waals surface area contributed by atoms with Crippen LogP contribution in [-0.2, 0) is 0 Å². The lowest BCUT2D eigenvalue weighted by molar-refractivity contribution is 0.0694. The summed E-state index contributed by atoms with van der Waals surface area (Å²) in [5.74, 6) is 2.03. The molecule has 3 rings (SSSR count). The van der Waals surface area contributed by atoms with Gasteiger partial charge in [-0.1, -0.05) is 32.0 Å². The number of hydrogen-bond acceptors (Lipinski definition) is 4. The lowest BCUT2D eigenvalue weighted by Crippen LogP contribution is -2.42. The van der Waals surface area contributed by atoms with Gasteiger partial charge in [0.25, 0.3) is 5.91 Å². The second kappa shape index (κ2) is 8.33. The molecular weight excluding hydrogens is 340 g/mol. The van der Waals surface area contributed by atoms with Crippen molar-refractivity contribution in [1.29, 1.82) is 0 Å². The van der Waals surface area contributed by atoms with E-state index in [1.807, 2.05) is 54.3 Å². The van der Waals surface area contributed by atoms with E-state index >= 15 is 0 Å². The smallest absolute Gasteiger partial charge is 0.257 e. The zero-order chi connectivity index (χ0) is 19.4. The average Bonchev–Trinajstić information content (AvgIpc) is 2.68. The van der Waals surface area contributed by atoms with E-state index in [-0.39, 0.29) is 12.1 Å². The molecule has 144 valence electrons. The Hall–Kier alpha value is -2.69. The number of amides is 1. The highest BCUT2D eigenvalue weighted by Crippen LogP contribution is 2.36. The number of fused-ring (bicyclic) bond motifs is 1. The summed E-state index contributed by atoms with van der Waals surface area (Å²) in [6.45, 7) is 7.60. The Morgan fingerprint density at radius 2 is 1.93 bits per heavy atom. The van der Waals surface area contributed by atoms with Crippen LogP contribution in [0.4, 0.5) is 5.69 Å². The third-order valence-electron chi connectivity index (χ3n) is 4.82. The molecule has 1 amide bonds. The number of methoxy groups -OCH3 is 1. The summed E-state index contributed by atoms with van der Waals surface area (Å²) in [6.07, 6.45) is 0.750. The topological polar surface area (TPSA) is 50.8 Å². The third-order valence-corrected chi connectivity index (χ3v) is 4.82. The largest absolute Gasteiger partial charge is 0.493 e. The maximum absolute atomic E-state index is 12.9. The van der Waals surface area contributed by atoms with Gasteiger partial charge in [-0.25, -0.2) is 0 Å². The molecule has 0 saturated carbocycles. The van der Waals surface area contributed by atoms with Crippen molar-refractivity contribution in [2.75, 3.05) is 25.6 Å². The summed E-state index contributed by atoms with van der Waals surface area (Å²) >= 11 is 0. The standard InChI is InChI=1S/C22H28N2O3/c1-5-24-21(23-18-9-7-6-8-17(18)22(24)25)16-10-11-19(20(14-16)26-4)27-13-12-15(2)3/h6-11,14-15,21,23H,5,12-13H2,1-4H3. The molecule has 0 radical (unpaired) electrons. The molecule has 2 aromatic carbocycles. The van der Waals surface area contributed by atoms with E-state index in [9.17, 15) is 4.79 Å². The first kappa shape index (κ1) is 19.1. The summed E-state index contributed by atoms with van der Waals surface area (Å²) in [6, 6.07) is 13.5. The van der Waals surface area contributed by atoms with Crippen molar-refractivity contribution < 1.29 is 14.3 Å². The molecule has 0 aromatic heterocycles. The highest BCUT2D eigenvalue weighted by molar-refractivity contribution is 6.01. The second-order valence-electron chi connectivity index (χ2n) is 7.12. The first-order chi connectivity index (χ1) is 13.0. The monoisotopic (exact) mass is 368 g/mol. The predicted octanol–water partition coefficient (Wildman–Crippen LogP) is 4.71. The first-order valence-electron chi connectivity index (χ1n) is 9.52. The van der Waals surface area contributed by atoms with Crippen molar-refractivity contribution in [3.63, 3.8) is 0 Å². The minimum absolute atomic E-state index is 0.0353. The van der Waals surface area contributed by atoms with Crippen LogP contribution in [0.2, 0.25) is 0 Å². The fourth-order valence-electron chi connectivity index (χ4n) is 3.26. The third kappa shape index (κ3) is 4.02. The van der Waals surface area contributed by atoms with Gasteiger partial charge < -0.3 is 19.7 Å². The summed E-state index contributed by atoms with van der Waals surface area (Å²) in [5.41, 5.74) is 2.53. The molecule has 0 bridgehead atoms. The van der Waals surface area contributed by atoms with E-state index in [1.165, 1.54) is 0 Å². The molecule has 5 heteroatoms. The van der Waals surface area contributed by atoms with Gasteiger partial charge in [-0.15, -0.1) is 0 Å². The second-order valence-corrected chi connectivity index (χ2v) is 7.12. The van der Waals surface area contributed by atoms with E-state index in [4.69, 9.17) is 9.47 Å². The Morgan fingerprint density at radius 1 is 1.15 bits per heavy atom. The Labute approximate surface area is 161 Å². The molecule has 2 aromatic rings. The van der Waals surface area contributed by atoms with Crippen molar-refractivity contribution in [2.24, 2.45) is 5.92 Å². The van der Waals surface area contributed by atoms with Crippen LogP contribution in [0.5, 0.6) is 11.5 Å². The number of benzene rings is 2. The molecule has 27 heavy (non-hydrogen) atoms. The van der Waals surface area contributed by atoms with Crippen molar-refractivity contribution in [3.8, 4) is 11.5 Å². The Kier molecular flexibility index (Phi) is 5.89. The number of anilines is 1. The van der Waals surface area contributed by atoms with Gasteiger partial charge in [0, 0.05) is 12.2 Å². The average molecular weight is 368 g/mol. The van der Waals surface area contributed by atoms with Crippen LogP contribution >= 0.6 is 0 Å². The molecular formula is C22H28N2O3. The van der Waals surface area contributed by atoms with Gasteiger partial charge in [0.1, 0.15) is 6.17 Å². The molecule has 0 saturated heterocycles. The van der Waals surface area contributed by atoms with Gasteiger partial charge >= 0.3 is 0 Å². The van der Waals surface area contributed by atoms with E-state index < -0.39 is 0 Å². The van der Waals surface area contributed by atoms with E-state index in [2.05, 4.69) is 19.2 Å². The summed E-state index contributed by atoms with van der Waals surface area (Å²) in [4.78, 5) is 14.7. The lowest BCUT2D eigenvalue weighted by Gasteiger charge is -2.37. The molecule has 0 fully saturated rings. The van der Waals surface area contributed by atoms with Crippen molar-refractivity contribution >= 4 is 11.6 Å². The van der Waals surface area contributed by atoms with Crippen LogP contribution in [0.1, 0.15) is 49.3 Å². The normalized spacial score (nSPS) is 16.1. The van der Waals surface area contributed by atoms with Crippen LogP contribution in [0.3, 0.4) is 0 Å². The fourth-order valence-corrected chi connectivity index (χ4v) is 3.26. The zero-order valence-electron chi connectivity index (χ0n) is 16.5. The van der Waals surface area contributed by atoms with Gasteiger partial charge in [0.2, 0.25) is 0 Å². The van der Waals surface area contributed by atoms with Gasteiger partial charge in [0.15, 0.2) is 11.5 Å². The number of carbonyl (C=O) groups is 1. The van der Waals surface area contributed by atoms with Gasteiger partial charge in [-0.3, -0.25) is 4.79 Å². The van der Waals surface area contributed by atoms with Gasteiger partial charge in [-0.2, -0.15) is 0 Å². The minimum atomic E-state index is -0.240. The highest BCUT2D eigenvalue weighted by atomic mass is 16.5. The SMILES string of the molecule is CCN1C(=O)c2ccccc2NC1c1ccc(OCCC(C)C)c(OC)c1. The molecule has 1 heterocycles. The van der Waals surface area contributed by atoms with Gasteiger partial charge in [0.05, 0.1) is 19.3 Å². The maximum atomic E-state index is 12.9. The van der Waals surface area contributed by atoms with Crippen molar-refractivity contribution in [1.82, 2.24) is 4.90 Å². The number of hydrogen-bond donors (Lipinski definition) is 1. The fraction of sp³-hybridized carbons (Fsp3) is 0.409. The molecule has 1 atom stereocenters. The number of rotatable bonds is 7. The van der Waals surface area contributed by atoms with E-state index in [0.717, 1.165) is 23.4 Å². The van der Waals surface area contributed by atoms with Crippen molar-refractivity contribution in [2.45, 2.75) is 33.4 Å². The molecule has 1 unspecified atom stereocenters. The summed E-state index contributed by atoms with van der Waals surface area (Å²) in [5, 5.41) is 3.48. The number of ether oxygens (including phenoxy) is 2. The Morgan fingerprint density at radius 3 is 2.63 bits per heavy atom. The van der Waals surface area contributed by atoms with Crippen molar-refractivity contribution in [3.05, 3.63) is 53.6 Å². The Bertz CT molecular complexity index is 804.